The molecule has 0 spiro atoms. The van der Waals surface area contributed by atoms with Gasteiger partial charge in [0.25, 0.3) is 5.91 Å². The standard InChI is InChI=1S/C27H37N3O4/c1-32-25-14-13-23(19-26(25)34-24-11-6-3-7-12-24)30-16-8-15-29(17-18-30)20-27(31)28-33-21-22-9-4-2-5-10-22/h2,4-5,9-10,13-14,19,24H,3,6-8,11-12,15-18,20-21H2,1H3,(H,28,31). The van der Waals surface area contributed by atoms with Gasteiger partial charge in [0, 0.05) is 37.9 Å². The Morgan fingerprint density at radius 3 is 2.56 bits per heavy atom. The lowest BCUT2D eigenvalue weighted by molar-refractivity contribution is -0.135. The van der Waals surface area contributed by atoms with Crippen LogP contribution in [0.5, 0.6) is 11.5 Å². The fourth-order valence-corrected chi connectivity index (χ4v) is 4.71. The predicted octanol–water partition coefficient (Wildman–Crippen LogP) is 4.17. The van der Waals surface area contributed by atoms with Crippen LogP contribution < -0.4 is 19.9 Å². The molecule has 0 atom stereocenters. The van der Waals surface area contributed by atoms with Crippen LogP contribution in [0.15, 0.2) is 48.5 Å². The Bertz CT molecular complexity index is 902. The summed E-state index contributed by atoms with van der Waals surface area (Å²) in [7, 11) is 1.70. The van der Waals surface area contributed by atoms with E-state index in [0.717, 1.165) is 68.2 Å². The molecule has 184 valence electrons. The maximum absolute atomic E-state index is 12.3. The fraction of sp³-hybridized carbons (Fsp3) is 0.519. The summed E-state index contributed by atoms with van der Waals surface area (Å²) in [6, 6.07) is 16.0. The highest BCUT2D eigenvalue weighted by Gasteiger charge is 2.21. The summed E-state index contributed by atoms with van der Waals surface area (Å²) < 4.78 is 11.9. The van der Waals surface area contributed by atoms with E-state index in [0.29, 0.717) is 13.2 Å². The first kappa shape index (κ1) is 24.4. The molecule has 2 aromatic rings. The number of hydroxylamine groups is 1. The van der Waals surface area contributed by atoms with Gasteiger partial charge < -0.3 is 14.4 Å². The van der Waals surface area contributed by atoms with Crippen LogP contribution in [-0.2, 0) is 16.2 Å². The maximum Gasteiger partial charge on any atom is 0.257 e. The van der Waals surface area contributed by atoms with E-state index in [2.05, 4.69) is 27.4 Å². The van der Waals surface area contributed by atoms with Gasteiger partial charge in [0.1, 0.15) is 0 Å². The molecule has 0 radical (unpaired) electrons. The number of amides is 1. The van der Waals surface area contributed by atoms with Crippen molar-refractivity contribution in [1.29, 1.82) is 0 Å². The van der Waals surface area contributed by atoms with Crippen molar-refractivity contribution in [3.63, 3.8) is 0 Å². The molecular formula is C27H37N3O4. The van der Waals surface area contributed by atoms with Gasteiger partial charge in [-0.2, -0.15) is 0 Å². The number of carbonyl (C=O) groups excluding carboxylic acids is 1. The van der Waals surface area contributed by atoms with Gasteiger partial charge >= 0.3 is 0 Å². The lowest BCUT2D eigenvalue weighted by Crippen LogP contribution is -2.39. The molecule has 0 aromatic heterocycles. The van der Waals surface area contributed by atoms with Gasteiger partial charge in [-0.05, 0) is 49.8 Å². The van der Waals surface area contributed by atoms with Crippen molar-refractivity contribution in [3.8, 4) is 11.5 Å². The SMILES string of the molecule is COc1ccc(N2CCCN(CC(=O)NOCc3ccccc3)CC2)cc1OC1CCCCC1. The number of nitrogens with zero attached hydrogens (tertiary/aromatic N) is 2. The number of hydrogen-bond acceptors (Lipinski definition) is 6. The molecule has 1 saturated heterocycles. The zero-order valence-electron chi connectivity index (χ0n) is 20.2. The summed E-state index contributed by atoms with van der Waals surface area (Å²) in [5, 5.41) is 0. The minimum Gasteiger partial charge on any atom is -0.493 e. The van der Waals surface area contributed by atoms with Crippen molar-refractivity contribution in [2.45, 2.75) is 51.2 Å². The molecule has 1 aliphatic heterocycles. The molecule has 34 heavy (non-hydrogen) atoms. The van der Waals surface area contributed by atoms with Crippen molar-refractivity contribution in [2.24, 2.45) is 0 Å². The molecule has 4 rings (SSSR count). The summed E-state index contributed by atoms with van der Waals surface area (Å²) in [6.45, 7) is 4.19. The lowest BCUT2D eigenvalue weighted by Gasteiger charge is -2.27. The first-order valence-corrected chi connectivity index (χ1v) is 12.5. The quantitative estimate of drug-likeness (QED) is 0.559. The third kappa shape index (κ3) is 7.11. The first-order valence-electron chi connectivity index (χ1n) is 12.5. The lowest BCUT2D eigenvalue weighted by atomic mass is 9.98. The Hall–Kier alpha value is -2.77. The maximum atomic E-state index is 12.3. The van der Waals surface area contributed by atoms with Gasteiger partial charge in [0.2, 0.25) is 0 Å². The van der Waals surface area contributed by atoms with Gasteiger partial charge in [-0.15, -0.1) is 0 Å². The van der Waals surface area contributed by atoms with Crippen LogP contribution in [0.2, 0.25) is 0 Å². The third-order valence-electron chi connectivity index (χ3n) is 6.58. The third-order valence-corrected chi connectivity index (χ3v) is 6.58. The minimum absolute atomic E-state index is 0.114. The second-order valence-electron chi connectivity index (χ2n) is 9.13. The summed E-state index contributed by atoms with van der Waals surface area (Å²) in [5.41, 5.74) is 4.75. The van der Waals surface area contributed by atoms with E-state index in [4.69, 9.17) is 14.3 Å². The van der Waals surface area contributed by atoms with Crippen molar-refractivity contribution in [2.75, 3.05) is 44.7 Å². The Kier molecular flexibility index (Phi) is 9.04. The minimum atomic E-state index is -0.114. The predicted molar refractivity (Wildman–Crippen MR) is 133 cm³/mol. The molecule has 0 unspecified atom stereocenters. The monoisotopic (exact) mass is 467 g/mol. The number of methoxy groups -OCH3 is 1. The highest BCUT2D eigenvalue weighted by Crippen LogP contribution is 2.35. The first-order chi connectivity index (χ1) is 16.7. The Morgan fingerprint density at radius 2 is 1.76 bits per heavy atom. The molecule has 7 nitrogen and oxygen atoms in total. The molecular weight excluding hydrogens is 430 g/mol. The molecule has 2 aliphatic rings. The highest BCUT2D eigenvalue weighted by molar-refractivity contribution is 5.76. The highest BCUT2D eigenvalue weighted by atomic mass is 16.6. The van der Waals surface area contributed by atoms with Gasteiger partial charge in [0.05, 0.1) is 26.4 Å². The average molecular weight is 468 g/mol. The number of benzene rings is 2. The molecule has 0 bridgehead atoms. The van der Waals surface area contributed by atoms with E-state index in [1.165, 1.54) is 19.3 Å². The van der Waals surface area contributed by atoms with Crippen LogP contribution >= 0.6 is 0 Å². The van der Waals surface area contributed by atoms with E-state index in [9.17, 15) is 4.79 Å². The van der Waals surface area contributed by atoms with E-state index in [1.54, 1.807) is 7.11 Å². The topological polar surface area (TPSA) is 63.3 Å². The molecule has 1 saturated carbocycles. The van der Waals surface area contributed by atoms with Gasteiger partial charge in [-0.1, -0.05) is 36.8 Å². The van der Waals surface area contributed by atoms with Crippen molar-refractivity contribution < 1.29 is 19.1 Å². The zero-order valence-corrected chi connectivity index (χ0v) is 20.2. The second kappa shape index (κ2) is 12.6. The fourth-order valence-electron chi connectivity index (χ4n) is 4.71. The van der Waals surface area contributed by atoms with E-state index in [-0.39, 0.29) is 12.0 Å². The molecule has 1 amide bonds. The van der Waals surface area contributed by atoms with Crippen LogP contribution in [0.1, 0.15) is 44.1 Å². The van der Waals surface area contributed by atoms with Crippen molar-refractivity contribution in [3.05, 3.63) is 54.1 Å². The molecule has 1 heterocycles. The van der Waals surface area contributed by atoms with E-state index < -0.39 is 0 Å². The molecule has 2 aromatic carbocycles. The van der Waals surface area contributed by atoms with Crippen LogP contribution in [0, 0.1) is 0 Å². The van der Waals surface area contributed by atoms with E-state index >= 15 is 0 Å². The zero-order chi connectivity index (χ0) is 23.6. The number of nitrogens with one attached hydrogen (secondary N) is 1. The number of rotatable bonds is 9. The van der Waals surface area contributed by atoms with Crippen molar-refractivity contribution >= 4 is 11.6 Å². The molecule has 2 fully saturated rings. The van der Waals surface area contributed by atoms with Crippen LogP contribution in [0.25, 0.3) is 0 Å². The normalized spacial score (nSPS) is 17.7. The van der Waals surface area contributed by atoms with Gasteiger partial charge in [0.15, 0.2) is 11.5 Å². The average Bonchev–Trinajstić information content (AvgIpc) is 3.11. The van der Waals surface area contributed by atoms with Crippen LogP contribution in [0.4, 0.5) is 5.69 Å². The Morgan fingerprint density at radius 1 is 0.941 bits per heavy atom. The van der Waals surface area contributed by atoms with Crippen molar-refractivity contribution in [1.82, 2.24) is 10.4 Å². The summed E-state index contributed by atoms with van der Waals surface area (Å²) in [4.78, 5) is 22.3. The Balaban J connectivity index is 1.27. The van der Waals surface area contributed by atoms with Crippen LogP contribution in [0.3, 0.4) is 0 Å². The Labute approximate surface area is 202 Å². The molecule has 7 heteroatoms. The number of anilines is 1. The summed E-state index contributed by atoms with van der Waals surface area (Å²) >= 11 is 0. The number of ether oxygens (including phenoxy) is 2. The van der Waals surface area contributed by atoms with Crippen LogP contribution in [-0.4, -0.2) is 56.7 Å². The summed E-state index contributed by atoms with van der Waals surface area (Å²) in [6.07, 6.45) is 7.27. The number of hydrogen-bond donors (Lipinski definition) is 1. The number of carbonyl (C=O) groups is 1. The second-order valence-corrected chi connectivity index (χ2v) is 9.13. The van der Waals surface area contributed by atoms with Gasteiger partial charge in [-0.3, -0.25) is 14.5 Å². The van der Waals surface area contributed by atoms with Gasteiger partial charge in [-0.25, -0.2) is 5.48 Å². The largest absolute Gasteiger partial charge is 0.493 e. The van der Waals surface area contributed by atoms with E-state index in [1.807, 2.05) is 36.4 Å². The smallest absolute Gasteiger partial charge is 0.257 e. The molecule has 1 aliphatic carbocycles. The molecule has 1 N–H and O–H groups in total. The summed E-state index contributed by atoms with van der Waals surface area (Å²) in [5.74, 6) is 1.51.